The minimum Gasteiger partial charge on any atom is -0.496 e. The number of aliphatic imine (C=N–C) groups is 1. The molecule has 2 heterocycles. The molecule has 9 heteroatoms. The van der Waals surface area contributed by atoms with Crippen molar-refractivity contribution in [2.75, 3.05) is 60.2 Å². The fourth-order valence-corrected chi connectivity index (χ4v) is 3.89. The van der Waals surface area contributed by atoms with E-state index in [1.807, 2.05) is 6.07 Å². The molecule has 0 aromatic heterocycles. The summed E-state index contributed by atoms with van der Waals surface area (Å²) in [5.74, 6) is 1.01. The lowest BCUT2D eigenvalue weighted by Gasteiger charge is -2.32. The molecule has 1 N–H and O–H groups in total. The lowest BCUT2D eigenvalue weighted by atomic mass is 10.1. The summed E-state index contributed by atoms with van der Waals surface area (Å²) in [6, 6.07) is 6.06. The zero-order valence-corrected chi connectivity index (χ0v) is 20.4. The van der Waals surface area contributed by atoms with Crippen molar-refractivity contribution >= 4 is 35.9 Å². The molecule has 0 saturated carbocycles. The van der Waals surface area contributed by atoms with E-state index in [1.165, 1.54) is 7.11 Å². The van der Waals surface area contributed by atoms with E-state index in [9.17, 15) is 4.79 Å². The minimum absolute atomic E-state index is 0. The summed E-state index contributed by atoms with van der Waals surface area (Å²) in [7, 11) is 2.91. The SMILES string of the molecule is CCNC(=NCc1ccc(OC)c(C(=O)OC)c1)N1CCC(N2CCOCC2)C1.I. The molecule has 0 bridgehead atoms. The second-order valence-corrected chi connectivity index (χ2v) is 7.23. The molecule has 0 aliphatic carbocycles. The molecule has 2 aliphatic heterocycles. The van der Waals surface area contributed by atoms with Gasteiger partial charge in [-0.25, -0.2) is 9.79 Å². The van der Waals surface area contributed by atoms with E-state index in [4.69, 9.17) is 19.2 Å². The van der Waals surface area contributed by atoms with Crippen LogP contribution in [0.5, 0.6) is 5.75 Å². The van der Waals surface area contributed by atoms with Gasteiger partial charge in [0.05, 0.1) is 34.0 Å². The lowest BCUT2D eigenvalue weighted by molar-refractivity contribution is 0.0195. The Hall–Kier alpha value is -1.59. The number of carbonyl (C=O) groups excluding carboxylic acids is 1. The fourth-order valence-electron chi connectivity index (χ4n) is 3.89. The molecular weight excluding hydrogens is 499 g/mol. The average molecular weight is 532 g/mol. The average Bonchev–Trinajstić information content (AvgIpc) is 3.26. The number of esters is 1. The van der Waals surface area contributed by atoms with E-state index < -0.39 is 5.97 Å². The van der Waals surface area contributed by atoms with Gasteiger partial charge < -0.3 is 24.4 Å². The number of ether oxygens (including phenoxy) is 3. The number of nitrogens with zero attached hydrogens (tertiary/aromatic N) is 3. The number of hydrogen-bond acceptors (Lipinski definition) is 6. The van der Waals surface area contributed by atoms with Crippen LogP contribution in [0.2, 0.25) is 0 Å². The Morgan fingerprint density at radius 3 is 2.70 bits per heavy atom. The van der Waals surface area contributed by atoms with Gasteiger partial charge in [0.2, 0.25) is 0 Å². The maximum Gasteiger partial charge on any atom is 0.341 e. The molecule has 2 fully saturated rings. The van der Waals surface area contributed by atoms with Crippen LogP contribution in [0.1, 0.15) is 29.3 Å². The fraction of sp³-hybridized carbons (Fsp3) is 0.619. The van der Waals surface area contributed by atoms with Crippen LogP contribution in [-0.2, 0) is 16.0 Å². The molecule has 1 aromatic carbocycles. The van der Waals surface area contributed by atoms with E-state index in [2.05, 4.69) is 22.0 Å². The van der Waals surface area contributed by atoms with Gasteiger partial charge in [-0.1, -0.05) is 6.07 Å². The summed E-state index contributed by atoms with van der Waals surface area (Å²) in [6.07, 6.45) is 1.14. The Balaban J connectivity index is 0.00000320. The standard InChI is InChI=1S/C21H32N4O4.HI/c1-4-22-21(25-8-7-17(15-25)24-9-11-29-12-10-24)23-14-16-5-6-19(27-2)18(13-16)20(26)28-3;/h5-6,13,17H,4,7-12,14-15H2,1-3H3,(H,22,23);1H. The third kappa shape index (κ3) is 6.21. The van der Waals surface area contributed by atoms with Crippen molar-refractivity contribution in [2.24, 2.45) is 4.99 Å². The largest absolute Gasteiger partial charge is 0.496 e. The highest BCUT2D eigenvalue weighted by molar-refractivity contribution is 14.0. The van der Waals surface area contributed by atoms with Gasteiger partial charge in [-0.2, -0.15) is 0 Å². The zero-order chi connectivity index (χ0) is 20.6. The monoisotopic (exact) mass is 532 g/mol. The van der Waals surface area contributed by atoms with Gasteiger partial charge in [0.15, 0.2) is 5.96 Å². The smallest absolute Gasteiger partial charge is 0.341 e. The first-order valence-electron chi connectivity index (χ1n) is 10.3. The van der Waals surface area contributed by atoms with E-state index in [0.29, 0.717) is 23.9 Å². The highest BCUT2D eigenvalue weighted by atomic mass is 127. The predicted octanol–water partition coefficient (Wildman–Crippen LogP) is 1.97. The molecule has 8 nitrogen and oxygen atoms in total. The van der Waals surface area contributed by atoms with Crippen molar-refractivity contribution in [3.63, 3.8) is 0 Å². The number of hydrogen-bond donors (Lipinski definition) is 1. The van der Waals surface area contributed by atoms with Crippen LogP contribution in [0.15, 0.2) is 23.2 Å². The summed E-state index contributed by atoms with van der Waals surface area (Å²) < 4.78 is 15.6. The summed E-state index contributed by atoms with van der Waals surface area (Å²) in [4.78, 5) is 21.7. The number of rotatable bonds is 6. The summed E-state index contributed by atoms with van der Waals surface area (Å²) in [6.45, 7) is 9.00. The van der Waals surface area contributed by atoms with Gasteiger partial charge in [-0.3, -0.25) is 4.90 Å². The van der Waals surface area contributed by atoms with E-state index >= 15 is 0 Å². The van der Waals surface area contributed by atoms with Gasteiger partial charge in [0, 0.05) is 38.8 Å². The first kappa shape index (κ1) is 24.7. The van der Waals surface area contributed by atoms with Crippen LogP contribution in [-0.4, -0.2) is 87.9 Å². The quantitative estimate of drug-likeness (QED) is 0.260. The number of halogens is 1. The maximum absolute atomic E-state index is 12.0. The molecule has 1 atom stereocenters. The molecule has 3 rings (SSSR count). The van der Waals surface area contributed by atoms with Crippen molar-refractivity contribution in [1.29, 1.82) is 0 Å². The first-order chi connectivity index (χ1) is 14.2. The van der Waals surface area contributed by atoms with Crippen LogP contribution in [0, 0.1) is 0 Å². The van der Waals surface area contributed by atoms with Crippen molar-refractivity contribution in [2.45, 2.75) is 25.9 Å². The maximum atomic E-state index is 12.0. The molecule has 0 spiro atoms. The van der Waals surface area contributed by atoms with Crippen LogP contribution in [0.25, 0.3) is 0 Å². The number of nitrogens with one attached hydrogen (secondary N) is 1. The molecule has 2 aliphatic rings. The minimum atomic E-state index is -0.410. The molecular formula is C21H33IN4O4. The topological polar surface area (TPSA) is 75.6 Å². The third-order valence-corrected chi connectivity index (χ3v) is 5.44. The first-order valence-corrected chi connectivity index (χ1v) is 10.3. The molecule has 0 radical (unpaired) electrons. The highest BCUT2D eigenvalue weighted by Crippen LogP contribution is 2.22. The number of methoxy groups -OCH3 is 2. The van der Waals surface area contributed by atoms with Crippen LogP contribution in [0.4, 0.5) is 0 Å². The molecule has 1 aromatic rings. The van der Waals surface area contributed by atoms with Crippen molar-refractivity contribution in [1.82, 2.24) is 15.1 Å². The number of likely N-dealkylation sites (tertiary alicyclic amines) is 1. The second-order valence-electron chi connectivity index (χ2n) is 7.23. The normalized spacial score (nSPS) is 19.9. The van der Waals surface area contributed by atoms with E-state index in [-0.39, 0.29) is 24.0 Å². The predicted molar refractivity (Wildman–Crippen MR) is 127 cm³/mol. The van der Waals surface area contributed by atoms with E-state index in [1.54, 1.807) is 19.2 Å². The van der Waals surface area contributed by atoms with Gasteiger partial charge in [-0.05, 0) is 31.0 Å². The van der Waals surface area contributed by atoms with Gasteiger partial charge in [0.25, 0.3) is 0 Å². The van der Waals surface area contributed by atoms with Crippen molar-refractivity contribution < 1.29 is 19.0 Å². The summed E-state index contributed by atoms with van der Waals surface area (Å²) >= 11 is 0. The Morgan fingerprint density at radius 2 is 2.03 bits per heavy atom. The lowest BCUT2D eigenvalue weighted by Crippen LogP contribution is -2.46. The molecule has 2 saturated heterocycles. The van der Waals surface area contributed by atoms with Crippen molar-refractivity contribution in [3.8, 4) is 5.75 Å². The Kier molecular flexibility index (Phi) is 10.1. The summed E-state index contributed by atoms with van der Waals surface area (Å²) in [5, 5.41) is 3.41. The number of carbonyl (C=O) groups is 1. The summed E-state index contributed by atoms with van der Waals surface area (Å²) in [5.41, 5.74) is 1.35. The second kappa shape index (κ2) is 12.3. The highest BCUT2D eigenvalue weighted by Gasteiger charge is 2.30. The van der Waals surface area contributed by atoms with Crippen LogP contribution >= 0.6 is 24.0 Å². The third-order valence-electron chi connectivity index (χ3n) is 5.44. The Labute approximate surface area is 196 Å². The molecule has 1 unspecified atom stereocenters. The zero-order valence-electron chi connectivity index (χ0n) is 18.1. The van der Waals surface area contributed by atoms with Crippen molar-refractivity contribution in [3.05, 3.63) is 29.3 Å². The Bertz CT molecular complexity index is 725. The number of guanidine groups is 1. The molecule has 168 valence electrons. The number of morpholine rings is 1. The van der Waals surface area contributed by atoms with E-state index in [0.717, 1.165) is 63.9 Å². The van der Waals surface area contributed by atoms with Gasteiger partial charge in [-0.15, -0.1) is 24.0 Å². The van der Waals surface area contributed by atoms with Crippen LogP contribution in [0.3, 0.4) is 0 Å². The number of benzene rings is 1. The molecule has 0 amide bonds. The van der Waals surface area contributed by atoms with Gasteiger partial charge >= 0.3 is 5.97 Å². The Morgan fingerprint density at radius 1 is 1.27 bits per heavy atom. The molecule has 30 heavy (non-hydrogen) atoms. The van der Waals surface area contributed by atoms with Gasteiger partial charge in [0.1, 0.15) is 11.3 Å². The van der Waals surface area contributed by atoms with Crippen LogP contribution < -0.4 is 10.1 Å².